The van der Waals surface area contributed by atoms with Crippen molar-refractivity contribution in [3.63, 3.8) is 0 Å². The highest BCUT2D eigenvalue weighted by molar-refractivity contribution is 9.10. The minimum atomic E-state index is 0.332. The summed E-state index contributed by atoms with van der Waals surface area (Å²) in [6.07, 6.45) is 3.65. The lowest BCUT2D eigenvalue weighted by Crippen LogP contribution is -2.39. The zero-order valence-corrected chi connectivity index (χ0v) is 13.4. The van der Waals surface area contributed by atoms with Crippen LogP contribution in [0.1, 0.15) is 24.0 Å². The smallest absolute Gasteiger partial charge is 0.0201 e. The van der Waals surface area contributed by atoms with Crippen molar-refractivity contribution in [3.05, 3.63) is 70.2 Å². The molecule has 2 heteroatoms. The van der Waals surface area contributed by atoms with Gasteiger partial charge in [-0.3, -0.25) is 0 Å². The Kier molecular flexibility index (Phi) is 3.95. The fourth-order valence-electron chi connectivity index (χ4n) is 3.22. The number of rotatable bonds is 5. The van der Waals surface area contributed by atoms with Gasteiger partial charge < -0.3 is 5.32 Å². The van der Waals surface area contributed by atoms with Gasteiger partial charge >= 0.3 is 0 Å². The molecular weight excluding hydrogens is 310 g/mol. The molecule has 1 aliphatic carbocycles. The number of benzene rings is 2. The van der Waals surface area contributed by atoms with Crippen molar-refractivity contribution < 1.29 is 0 Å². The van der Waals surface area contributed by atoms with Gasteiger partial charge in [-0.05, 0) is 49.6 Å². The van der Waals surface area contributed by atoms with Gasteiger partial charge in [0.05, 0.1) is 0 Å². The molecule has 0 spiro atoms. The second-order valence-electron chi connectivity index (χ2n) is 5.70. The Hall–Kier alpha value is -1.12. The Balaban J connectivity index is 1.84. The van der Waals surface area contributed by atoms with E-state index in [0.29, 0.717) is 11.5 Å². The summed E-state index contributed by atoms with van der Waals surface area (Å²) in [7, 11) is 2.09. The van der Waals surface area contributed by atoms with E-state index in [4.69, 9.17) is 0 Å². The monoisotopic (exact) mass is 329 g/mol. The van der Waals surface area contributed by atoms with E-state index in [1.54, 1.807) is 0 Å². The predicted molar refractivity (Wildman–Crippen MR) is 88.0 cm³/mol. The molecule has 1 aliphatic rings. The first kappa shape index (κ1) is 13.8. The molecule has 0 amide bonds. The van der Waals surface area contributed by atoms with E-state index in [9.17, 15) is 0 Å². The van der Waals surface area contributed by atoms with Crippen molar-refractivity contribution in [2.45, 2.75) is 30.7 Å². The minimum absolute atomic E-state index is 0.332. The summed E-state index contributed by atoms with van der Waals surface area (Å²) in [5, 5.41) is 3.56. The van der Waals surface area contributed by atoms with Gasteiger partial charge in [0.2, 0.25) is 0 Å². The third-order valence-electron chi connectivity index (χ3n) is 4.48. The van der Waals surface area contributed by atoms with E-state index in [-0.39, 0.29) is 0 Å². The van der Waals surface area contributed by atoms with Crippen LogP contribution in [0.15, 0.2) is 59.1 Å². The van der Waals surface area contributed by atoms with Crippen LogP contribution >= 0.6 is 15.9 Å². The van der Waals surface area contributed by atoms with Crippen molar-refractivity contribution in [2.24, 2.45) is 0 Å². The summed E-state index contributed by atoms with van der Waals surface area (Å²) in [6.45, 7) is 0. The van der Waals surface area contributed by atoms with Crippen LogP contribution in [0, 0.1) is 0 Å². The van der Waals surface area contributed by atoms with Crippen LogP contribution < -0.4 is 5.32 Å². The average molecular weight is 330 g/mol. The van der Waals surface area contributed by atoms with Crippen molar-refractivity contribution in [1.82, 2.24) is 5.32 Å². The maximum atomic E-state index is 3.56. The molecule has 1 atom stereocenters. The average Bonchev–Trinajstić information content (AvgIpc) is 3.27. The molecule has 3 rings (SSSR count). The number of hydrogen-bond acceptors (Lipinski definition) is 1. The molecule has 0 bridgehead atoms. The van der Waals surface area contributed by atoms with E-state index >= 15 is 0 Å². The minimum Gasteiger partial charge on any atom is -0.316 e. The highest BCUT2D eigenvalue weighted by Gasteiger charge is 2.49. The summed E-state index contributed by atoms with van der Waals surface area (Å²) in [4.78, 5) is 0. The summed E-state index contributed by atoms with van der Waals surface area (Å²) in [6, 6.07) is 20.1. The third-order valence-corrected chi connectivity index (χ3v) is 4.97. The molecule has 1 nitrogen and oxygen atoms in total. The van der Waals surface area contributed by atoms with Crippen LogP contribution in [0.5, 0.6) is 0 Å². The van der Waals surface area contributed by atoms with Gasteiger partial charge in [-0.15, -0.1) is 0 Å². The van der Waals surface area contributed by atoms with Crippen molar-refractivity contribution in [3.8, 4) is 0 Å². The second-order valence-corrected chi connectivity index (χ2v) is 6.61. The maximum absolute atomic E-state index is 3.56. The number of nitrogens with one attached hydrogen (secondary N) is 1. The third kappa shape index (κ3) is 2.68. The first-order valence-corrected chi connectivity index (χ1v) is 8.01. The lowest BCUT2D eigenvalue weighted by molar-refractivity contribution is 0.442. The van der Waals surface area contributed by atoms with E-state index in [1.165, 1.54) is 24.0 Å². The van der Waals surface area contributed by atoms with Gasteiger partial charge in [0.25, 0.3) is 0 Å². The zero-order chi connectivity index (χ0) is 14.0. The van der Waals surface area contributed by atoms with E-state index < -0.39 is 0 Å². The van der Waals surface area contributed by atoms with E-state index in [2.05, 4.69) is 82.9 Å². The lowest BCUT2D eigenvalue weighted by atomic mass is 9.84. The molecule has 2 aromatic carbocycles. The number of likely N-dealkylation sites (N-methyl/N-ethyl adjacent to an activating group) is 1. The molecule has 104 valence electrons. The van der Waals surface area contributed by atoms with E-state index in [0.717, 1.165) is 10.9 Å². The molecule has 20 heavy (non-hydrogen) atoms. The molecule has 1 unspecified atom stereocenters. The second kappa shape index (κ2) is 5.71. The van der Waals surface area contributed by atoms with Crippen molar-refractivity contribution >= 4 is 15.9 Å². The Morgan fingerprint density at radius 2 is 1.85 bits per heavy atom. The molecule has 1 N–H and O–H groups in total. The van der Waals surface area contributed by atoms with Gasteiger partial charge in [0.1, 0.15) is 0 Å². The normalized spacial score (nSPS) is 17.7. The highest BCUT2D eigenvalue weighted by Crippen LogP contribution is 2.51. The molecule has 0 saturated heterocycles. The summed E-state index contributed by atoms with van der Waals surface area (Å²) in [5.41, 5.74) is 3.20. The molecule has 0 heterocycles. The molecule has 0 aliphatic heterocycles. The standard InChI is InChI=1S/C18H20BrN/c1-20-17(13-14-6-5-9-16(19)12-14)18(10-11-18)15-7-3-2-4-8-15/h2-9,12,17,20H,10-11,13H2,1H3. The Bertz CT molecular complexity index is 575. The van der Waals surface area contributed by atoms with Gasteiger partial charge in [-0.25, -0.2) is 0 Å². The van der Waals surface area contributed by atoms with Crippen LogP contribution in [0.25, 0.3) is 0 Å². The van der Waals surface area contributed by atoms with Crippen molar-refractivity contribution in [2.75, 3.05) is 7.05 Å². The van der Waals surface area contributed by atoms with Gasteiger partial charge in [0.15, 0.2) is 0 Å². The zero-order valence-electron chi connectivity index (χ0n) is 11.8. The fraction of sp³-hybridized carbons (Fsp3) is 0.333. The highest BCUT2D eigenvalue weighted by atomic mass is 79.9. The van der Waals surface area contributed by atoms with E-state index in [1.807, 2.05) is 0 Å². The lowest BCUT2D eigenvalue weighted by Gasteiger charge is -2.27. The SMILES string of the molecule is CNC(Cc1cccc(Br)c1)C1(c2ccccc2)CC1. The number of halogens is 1. The molecule has 2 aromatic rings. The van der Waals surface area contributed by atoms with Crippen LogP contribution in [0.3, 0.4) is 0 Å². The van der Waals surface area contributed by atoms with Crippen LogP contribution in [-0.4, -0.2) is 13.1 Å². The Morgan fingerprint density at radius 1 is 1.10 bits per heavy atom. The first-order chi connectivity index (χ1) is 9.74. The molecule has 0 aromatic heterocycles. The Morgan fingerprint density at radius 3 is 2.45 bits per heavy atom. The summed E-state index contributed by atoms with van der Waals surface area (Å²) >= 11 is 3.56. The first-order valence-electron chi connectivity index (χ1n) is 7.22. The predicted octanol–water partition coefficient (Wildman–Crippen LogP) is 4.31. The van der Waals surface area contributed by atoms with Crippen LogP contribution in [0.4, 0.5) is 0 Å². The van der Waals surface area contributed by atoms with Gasteiger partial charge in [-0.1, -0.05) is 58.4 Å². The summed E-state index contributed by atoms with van der Waals surface area (Å²) < 4.78 is 1.16. The van der Waals surface area contributed by atoms with Crippen molar-refractivity contribution in [1.29, 1.82) is 0 Å². The quantitative estimate of drug-likeness (QED) is 0.861. The van der Waals surface area contributed by atoms with Gasteiger partial charge in [0, 0.05) is 15.9 Å². The van der Waals surface area contributed by atoms with Crippen LogP contribution in [0.2, 0.25) is 0 Å². The largest absolute Gasteiger partial charge is 0.316 e. The molecule has 1 saturated carbocycles. The molecule has 1 fully saturated rings. The Labute approximate surface area is 129 Å². The molecular formula is C18H20BrN. The number of hydrogen-bond donors (Lipinski definition) is 1. The summed E-state index contributed by atoms with van der Waals surface area (Å²) in [5.74, 6) is 0. The maximum Gasteiger partial charge on any atom is 0.0201 e. The molecule has 0 radical (unpaired) electrons. The topological polar surface area (TPSA) is 12.0 Å². The van der Waals surface area contributed by atoms with Gasteiger partial charge in [-0.2, -0.15) is 0 Å². The fourth-order valence-corrected chi connectivity index (χ4v) is 3.66. The van der Waals surface area contributed by atoms with Crippen LogP contribution in [-0.2, 0) is 11.8 Å².